The molecule has 2 aromatic carbocycles. The summed E-state index contributed by atoms with van der Waals surface area (Å²) in [6.07, 6.45) is 0.0421. The summed E-state index contributed by atoms with van der Waals surface area (Å²) in [6.45, 7) is 1.81. The summed E-state index contributed by atoms with van der Waals surface area (Å²) in [4.78, 5) is 38.2. The van der Waals surface area contributed by atoms with E-state index < -0.39 is 11.8 Å². The van der Waals surface area contributed by atoms with E-state index in [0.717, 1.165) is 16.0 Å². The molecule has 0 bridgehead atoms. The van der Waals surface area contributed by atoms with Crippen molar-refractivity contribution in [2.24, 2.45) is 0 Å². The maximum absolute atomic E-state index is 12.4. The third-order valence-corrected chi connectivity index (χ3v) is 4.13. The number of rotatable bonds is 2. The summed E-state index contributed by atoms with van der Waals surface area (Å²) in [5.74, 6) is -1.27. The van der Waals surface area contributed by atoms with E-state index >= 15 is 0 Å². The van der Waals surface area contributed by atoms with Crippen molar-refractivity contribution in [3.05, 3.63) is 71.3 Å². The maximum atomic E-state index is 12.4. The molecule has 2 aromatic rings. The molecule has 0 radical (unpaired) electrons. The first kappa shape index (κ1) is 15.2. The number of carbonyl (C=O) groups excluding carboxylic acids is 3. The van der Waals surface area contributed by atoms with E-state index in [-0.39, 0.29) is 24.7 Å². The van der Waals surface area contributed by atoms with E-state index in [9.17, 15) is 14.4 Å². The van der Waals surface area contributed by atoms with Gasteiger partial charge in [-0.3, -0.25) is 19.3 Å². The van der Waals surface area contributed by atoms with Crippen LogP contribution in [0.4, 0.5) is 0 Å². The van der Waals surface area contributed by atoms with Crippen LogP contribution in [0.15, 0.2) is 54.6 Å². The van der Waals surface area contributed by atoms with E-state index in [1.54, 1.807) is 30.3 Å². The van der Waals surface area contributed by atoms with Crippen molar-refractivity contribution in [2.75, 3.05) is 6.54 Å². The number of hydrogen-bond donors (Lipinski definition) is 0. The largest absolute Gasteiger partial charge is 0.297 e. The molecule has 0 aromatic heterocycles. The SMILES string of the molecule is Cc1ccc([C@H]2CC(=O)N(C(=O)c3ccccc3)CC2=O)cc1. The zero-order valence-electron chi connectivity index (χ0n) is 12.9. The number of ketones is 1. The summed E-state index contributed by atoms with van der Waals surface area (Å²) < 4.78 is 0. The molecular formula is C19H17NO3. The van der Waals surface area contributed by atoms with Crippen LogP contribution >= 0.6 is 0 Å². The summed E-state index contributed by atoms with van der Waals surface area (Å²) in [7, 11) is 0. The van der Waals surface area contributed by atoms with Crippen LogP contribution in [-0.2, 0) is 9.59 Å². The van der Waals surface area contributed by atoms with Gasteiger partial charge < -0.3 is 0 Å². The number of aryl methyl sites for hydroxylation is 1. The third kappa shape index (κ3) is 3.06. The van der Waals surface area contributed by atoms with Gasteiger partial charge in [-0.1, -0.05) is 48.0 Å². The van der Waals surface area contributed by atoms with Gasteiger partial charge in [0.2, 0.25) is 5.91 Å². The van der Waals surface area contributed by atoms with E-state index in [4.69, 9.17) is 0 Å². The Morgan fingerprint density at radius 1 is 1.00 bits per heavy atom. The number of piperidine rings is 1. The Kier molecular flexibility index (Phi) is 4.06. The molecule has 1 aliphatic rings. The van der Waals surface area contributed by atoms with Crippen LogP contribution in [0.25, 0.3) is 0 Å². The number of Topliss-reactive ketones (excluding diaryl/α,β-unsaturated/α-hetero) is 1. The number of likely N-dealkylation sites (tertiary alicyclic amines) is 1. The fraction of sp³-hybridized carbons (Fsp3) is 0.211. The standard InChI is InChI=1S/C19H17NO3/c1-13-7-9-14(10-8-13)16-11-18(22)20(12-17(16)21)19(23)15-5-3-2-4-6-15/h2-10,16H,11-12H2,1H3/t16-/m1/s1. The average Bonchev–Trinajstić information content (AvgIpc) is 2.57. The molecule has 0 saturated carbocycles. The lowest BCUT2D eigenvalue weighted by molar-refractivity contribution is -0.139. The van der Waals surface area contributed by atoms with E-state index in [2.05, 4.69) is 0 Å². The molecule has 1 heterocycles. The van der Waals surface area contributed by atoms with Gasteiger partial charge in [-0.25, -0.2) is 0 Å². The predicted octanol–water partition coefficient (Wildman–Crippen LogP) is 2.72. The molecule has 4 heteroatoms. The van der Waals surface area contributed by atoms with Gasteiger partial charge in [-0.15, -0.1) is 0 Å². The Morgan fingerprint density at radius 3 is 2.30 bits per heavy atom. The van der Waals surface area contributed by atoms with Crippen LogP contribution < -0.4 is 0 Å². The zero-order valence-corrected chi connectivity index (χ0v) is 12.9. The minimum Gasteiger partial charge on any atom is -0.297 e. The van der Waals surface area contributed by atoms with Crippen LogP contribution in [0.5, 0.6) is 0 Å². The Balaban J connectivity index is 1.80. The lowest BCUT2D eigenvalue weighted by Crippen LogP contribution is -2.47. The van der Waals surface area contributed by atoms with Crippen molar-refractivity contribution in [3.63, 3.8) is 0 Å². The lowest BCUT2D eigenvalue weighted by atomic mass is 9.87. The number of carbonyl (C=O) groups is 3. The quantitative estimate of drug-likeness (QED) is 0.802. The van der Waals surface area contributed by atoms with Gasteiger partial charge in [-0.2, -0.15) is 0 Å². The molecule has 1 fully saturated rings. The number of nitrogens with zero attached hydrogens (tertiary/aromatic N) is 1. The molecule has 1 saturated heterocycles. The third-order valence-electron chi connectivity index (χ3n) is 4.13. The molecule has 0 aliphatic carbocycles. The summed E-state index contributed by atoms with van der Waals surface area (Å²) >= 11 is 0. The maximum Gasteiger partial charge on any atom is 0.260 e. The van der Waals surface area contributed by atoms with E-state index in [1.165, 1.54) is 0 Å². The molecule has 2 amide bonds. The second kappa shape index (κ2) is 6.16. The molecule has 0 spiro atoms. The zero-order chi connectivity index (χ0) is 16.4. The highest BCUT2D eigenvalue weighted by Gasteiger charge is 2.36. The number of amides is 2. The molecule has 0 N–H and O–H groups in total. The fourth-order valence-corrected chi connectivity index (χ4v) is 2.78. The van der Waals surface area contributed by atoms with Gasteiger partial charge in [0.1, 0.15) is 0 Å². The lowest BCUT2D eigenvalue weighted by Gasteiger charge is -2.29. The summed E-state index contributed by atoms with van der Waals surface area (Å²) in [5.41, 5.74) is 2.35. The van der Waals surface area contributed by atoms with Crippen LogP contribution in [0.1, 0.15) is 33.8 Å². The van der Waals surface area contributed by atoms with Crippen LogP contribution in [0, 0.1) is 6.92 Å². The number of benzene rings is 2. The van der Waals surface area contributed by atoms with Crippen molar-refractivity contribution in [2.45, 2.75) is 19.3 Å². The first-order valence-electron chi connectivity index (χ1n) is 7.55. The molecule has 0 unspecified atom stereocenters. The number of imide groups is 1. The summed E-state index contributed by atoms with van der Waals surface area (Å²) in [5, 5.41) is 0. The molecule has 23 heavy (non-hydrogen) atoms. The Bertz CT molecular complexity index is 750. The van der Waals surface area contributed by atoms with Gasteiger partial charge in [0.05, 0.1) is 12.5 Å². The molecular weight excluding hydrogens is 290 g/mol. The van der Waals surface area contributed by atoms with Crippen molar-refractivity contribution >= 4 is 17.6 Å². The molecule has 3 rings (SSSR count). The fourth-order valence-electron chi connectivity index (χ4n) is 2.78. The Labute approximate surface area is 134 Å². The normalized spacial score (nSPS) is 18.1. The minimum absolute atomic E-state index is 0.0421. The van der Waals surface area contributed by atoms with Gasteiger partial charge >= 0.3 is 0 Å². The van der Waals surface area contributed by atoms with Crippen molar-refractivity contribution in [3.8, 4) is 0 Å². The summed E-state index contributed by atoms with van der Waals surface area (Å²) in [6, 6.07) is 16.2. The van der Waals surface area contributed by atoms with Crippen molar-refractivity contribution < 1.29 is 14.4 Å². The Hall–Kier alpha value is -2.75. The smallest absolute Gasteiger partial charge is 0.260 e. The topological polar surface area (TPSA) is 54.5 Å². The molecule has 1 aliphatic heterocycles. The Morgan fingerprint density at radius 2 is 1.65 bits per heavy atom. The highest BCUT2D eigenvalue weighted by Crippen LogP contribution is 2.27. The predicted molar refractivity (Wildman–Crippen MR) is 86.0 cm³/mol. The second-order valence-electron chi connectivity index (χ2n) is 5.78. The number of hydrogen-bond acceptors (Lipinski definition) is 3. The van der Waals surface area contributed by atoms with E-state index in [1.807, 2.05) is 31.2 Å². The average molecular weight is 307 g/mol. The van der Waals surface area contributed by atoms with Gasteiger partial charge in [0.15, 0.2) is 5.78 Å². The molecule has 116 valence electrons. The van der Waals surface area contributed by atoms with Gasteiger partial charge in [0.25, 0.3) is 5.91 Å². The van der Waals surface area contributed by atoms with Gasteiger partial charge in [-0.05, 0) is 24.6 Å². The van der Waals surface area contributed by atoms with Crippen molar-refractivity contribution in [1.82, 2.24) is 4.90 Å². The molecule has 1 atom stereocenters. The second-order valence-corrected chi connectivity index (χ2v) is 5.78. The van der Waals surface area contributed by atoms with Crippen molar-refractivity contribution in [1.29, 1.82) is 0 Å². The minimum atomic E-state index is -0.456. The highest BCUT2D eigenvalue weighted by atomic mass is 16.2. The first-order valence-corrected chi connectivity index (χ1v) is 7.55. The van der Waals surface area contributed by atoms with Crippen LogP contribution in [-0.4, -0.2) is 29.0 Å². The monoisotopic (exact) mass is 307 g/mol. The molecule has 4 nitrogen and oxygen atoms in total. The van der Waals surface area contributed by atoms with Gasteiger partial charge in [0, 0.05) is 12.0 Å². The van der Waals surface area contributed by atoms with E-state index in [0.29, 0.717) is 5.56 Å². The first-order chi connectivity index (χ1) is 11.1. The van der Waals surface area contributed by atoms with Crippen LogP contribution in [0.3, 0.4) is 0 Å². The highest BCUT2D eigenvalue weighted by molar-refractivity contribution is 6.10. The van der Waals surface area contributed by atoms with Crippen LogP contribution in [0.2, 0.25) is 0 Å².